The summed E-state index contributed by atoms with van der Waals surface area (Å²) in [6, 6.07) is 16.4. The van der Waals surface area contributed by atoms with Crippen molar-refractivity contribution in [3.8, 4) is 11.5 Å². The Hall–Kier alpha value is -4.07. The quantitative estimate of drug-likeness (QED) is 0.491. The first-order chi connectivity index (χ1) is 14.6. The SMILES string of the molecule is COC(=O)c1cc2ccccc2cc1NC(=O)CCc1nc(-c2ccccn2)no1. The molecule has 1 amide bonds. The number of pyridine rings is 1. The monoisotopic (exact) mass is 402 g/mol. The molecular weight excluding hydrogens is 384 g/mol. The fourth-order valence-electron chi connectivity index (χ4n) is 3.01. The van der Waals surface area contributed by atoms with Crippen LogP contribution in [0.5, 0.6) is 0 Å². The number of amides is 1. The molecule has 2 aromatic carbocycles. The van der Waals surface area contributed by atoms with E-state index in [0.717, 1.165) is 10.8 Å². The molecule has 0 saturated carbocycles. The van der Waals surface area contributed by atoms with Crippen LogP contribution in [0.15, 0.2) is 65.3 Å². The highest BCUT2D eigenvalue weighted by atomic mass is 16.5. The molecule has 8 heteroatoms. The highest BCUT2D eigenvalue weighted by Gasteiger charge is 2.16. The molecule has 0 fully saturated rings. The van der Waals surface area contributed by atoms with Crippen molar-refractivity contribution in [1.29, 1.82) is 0 Å². The number of ether oxygens (including phenoxy) is 1. The smallest absolute Gasteiger partial charge is 0.339 e. The second-order valence-electron chi connectivity index (χ2n) is 6.51. The molecule has 0 aliphatic carbocycles. The lowest BCUT2D eigenvalue weighted by molar-refractivity contribution is -0.116. The zero-order chi connectivity index (χ0) is 20.9. The van der Waals surface area contributed by atoms with Crippen LogP contribution in [0.1, 0.15) is 22.7 Å². The van der Waals surface area contributed by atoms with E-state index >= 15 is 0 Å². The molecule has 0 bridgehead atoms. The largest absolute Gasteiger partial charge is 0.465 e. The lowest BCUT2D eigenvalue weighted by Crippen LogP contribution is -2.16. The van der Waals surface area contributed by atoms with Gasteiger partial charge in [0, 0.05) is 19.0 Å². The topological polar surface area (TPSA) is 107 Å². The number of benzene rings is 2. The van der Waals surface area contributed by atoms with Crippen molar-refractivity contribution in [3.63, 3.8) is 0 Å². The highest BCUT2D eigenvalue weighted by Crippen LogP contribution is 2.25. The number of carbonyl (C=O) groups is 2. The molecule has 0 unspecified atom stereocenters. The molecule has 8 nitrogen and oxygen atoms in total. The first kappa shape index (κ1) is 19.3. The van der Waals surface area contributed by atoms with Gasteiger partial charge in [0.25, 0.3) is 0 Å². The molecule has 0 saturated heterocycles. The molecule has 0 spiro atoms. The fraction of sp³-hybridized carbons (Fsp3) is 0.136. The van der Waals surface area contributed by atoms with Crippen LogP contribution in [0.4, 0.5) is 5.69 Å². The molecular formula is C22H18N4O4. The summed E-state index contributed by atoms with van der Waals surface area (Å²) in [6.07, 6.45) is 2.01. The number of aryl methyl sites for hydroxylation is 1. The van der Waals surface area contributed by atoms with Gasteiger partial charge in [-0.15, -0.1) is 0 Å². The third kappa shape index (κ3) is 4.17. The van der Waals surface area contributed by atoms with Gasteiger partial charge >= 0.3 is 5.97 Å². The minimum absolute atomic E-state index is 0.108. The third-order valence-electron chi connectivity index (χ3n) is 4.49. The third-order valence-corrected chi connectivity index (χ3v) is 4.49. The summed E-state index contributed by atoms with van der Waals surface area (Å²) in [7, 11) is 1.30. The molecule has 150 valence electrons. The minimum Gasteiger partial charge on any atom is -0.465 e. The number of methoxy groups -OCH3 is 1. The number of hydrogen-bond acceptors (Lipinski definition) is 7. The summed E-state index contributed by atoms with van der Waals surface area (Å²) in [6.45, 7) is 0. The van der Waals surface area contributed by atoms with Crippen LogP contribution in [0, 0.1) is 0 Å². The first-order valence-electron chi connectivity index (χ1n) is 9.29. The molecule has 4 rings (SSSR count). The Morgan fingerprint density at radius 2 is 1.83 bits per heavy atom. The lowest BCUT2D eigenvalue weighted by Gasteiger charge is -2.11. The van der Waals surface area contributed by atoms with Gasteiger partial charge in [-0.05, 0) is 35.0 Å². The maximum Gasteiger partial charge on any atom is 0.339 e. The number of esters is 1. The van der Waals surface area contributed by atoms with Gasteiger partial charge < -0.3 is 14.6 Å². The molecule has 2 heterocycles. The van der Waals surface area contributed by atoms with Crippen LogP contribution < -0.4 is 5.32 Å². The van der Waals surface area contributed by atoms with Gasteiger partial charge in [0.05, 0.1) is 18.4 Å². The van der Waals surface area contributed by atoms with Gasteiger partial charge in [0.2, 0.25) is 17.6 Å². The van der Waals surface area contributed by atoms with Crippen molar-refractivity contribution < 1.29 is 18.8 Å². The molecule has 1 N–H and O–H groups in total. The van der Waals surface area contributed by atoms with Crippen LogP contribution >= 0.6 is 0 Å². The number of nitrogens with zero attached hydrogens (tertiary/aromatic N) is 3. The summed E-state index contributed by atoms with van der Waals surface area (Å²) < 4.78 is 10.1. The van der Waals surface area contributed by atoms with Gasteiger partial charge in [-0.25, -0.2) is 4.79 Å². The number of hydrogen-bond donors (Lipinski definition) is 1. The van der Waals surface area contributed by atoms with Gasteiger partial charge in [0.15, 0.2) is 0 Å². The zero-order valence-corrected chi connectivity index (χ0v) is 16.2. The second kappa shape index (κ2) is 8.52. The number of carbonyl (C=O) groups excluding carboxylic acids is 2. The maximum absolute atomic E-state index is 12.5. The summed E-state index contributed by atoms with van der Waals surface area (Å²) in [5, 5.41) is 8.45. The van der Waals surface area contributed by atoms with E-state index in [1.165, 1.54) is 7.11 Å². The molecule has 0 aliphatic rings. The van der Waals surface area contributed by atoms with Crippen molar-refractivity contribution in [2.24, 2.45) is 0 Å². The Morgan fingerprint density at radius 3 is 2.57 bits per heavy atom. The Morgan fingerprint density at radius 1 is 1.07 bits per heavy atom. The van der Waals surface area contributed by atoms with E-state index in [1.807, 2.05) is 30.3 Å². The average molecular weight is 402 g/mol. The molecule has 0 radical (unpaired) electrons. The normalized spacial score (nSPS) is 10.7. The lowest BCUT2D eigenvalue weighted by atomic mass is 10.0. The van der Waals surface area contributed by atoms with Gasteiger partial charge in [0.1, 0.15) is 5.69 Å². The number of aromatic nitrogens is 3. The highest BCUT2D eigenvalue weighted by molar-refractivity contribution is 6.05. The van der Waals surface area contributed by atoms with E-state index in [-0.39, 0.29) is 18.7 Å². The predicted octanol–water partition coefficient (Wildman–Crippen LogP) is 3.64. The van der Waals surface area contributed by atoms with E-state index in [1.54, 1.807) is 30.5 Å². The number of nitrogens with one attached hydrogen (secondary N) is 1. The summed E-state index contributed by atoms with van der Waals surface area (Å²) in [4.78, 5) is 33.1. The summed E-state index contributed by atoms with van der Waals surface area (Å²) >= 11 is 0. The van der Waals surface area contributed by atoms with Gasteiger partial charge in [-0.3, -0.25) is 9.78 Å². The van der Waals surface area contributed by atoms with Crippen molar-refractivity contribution in [1.82, 2.24) is 15.1 Å². The van der Waals surface area contributed by atoms with Crippen LogP contribution in [-0.2, 0) is 16.0 Å². The Kier molecular flexibility index (Phi) is 5.47. The molecule has 30 heavy (non-hydrogen) atoms. The standard InChI is InChI=1S/C22H18N4O4/c1-29-22(28)16-12-14-6-2-3-7-15(14)13-18(16)24-19(27)9-10-20-25-21(26-30-20)17-8-4-5-11-23-17/h2-8,11-13H,9-10H2,1H3,(H,24,27). The fourth-order valence-corrected chi connectivity index (χ4v) is 3.01. The minimum atomic E-state index is -0.520. The number of fused-ring (bicyclic) bond motifs is 1. The van der Waals surface area contributed by atoms with E-state index in [0.29, 0.717) is 28.7 Å². The maximum atomic E-state index is 12.5. The van der Waals surface area contributed by atoms with Gasteiger partial charge in [-0.2, -0.15) is 4.98 Å². The van der Waals surface area contributed by atoms with E-state index < -0.39 is 5.97 Å². The molecule has 2 aromatic heterocycles. The van der Waals surface area contributed by atoms with E-state index in [9.17, 15) is 9.59 Å². The summed E-state index contributed by atoms with van der Waals surface area (Å²) in [5.74, 6) is -0.105. The second-order valence-corrected chi connectivity index (χ2v) is 6.51. The van der Waals surface area contributed by atoms with E-state index in [2.05, 4.69) is 20.4 Å². The van der Waals surface area contributed by atoms with Crippen molar-refractivity contribution >= 4 is 28.3 Å². The van der Waals surface area contributed by atoms with Crippen molar-refractivity contribution in [2.45, 2.75) is 12.8 Å². The zero-order valence-electron chi connectivity index (χ0n) is 16.2. The van der Waals surface area contributed by atoms with Crippen LogP contribution in [0.2, 0.25) is 0 Å². The predicted molar refractivity (Wildman–Crippen MR) is 110 cm³/mol. The average Bonchev–Trinajstić information content (AvgIpc) is 3.26. The Bertz CT molecular complexity index is 1200. The molecule has 0 aliphatic heterocycles. The number of rotatable bonds is 6. The van der Waals surface area contributed by atoms with Crippen LogP contribution in [0.25, 0.3) is 22.3 Å². The Balaban J connectivity index is 1.47. The van der Waals surface area contributed by atoms with Gasteiger partial charge in [-0.1, -0.05) is 35.5 Å². The van der Waals surface area contributed by atoms with E-state index in [4.69, 9.17) is 9.26 Å². The van der Waals surface area contributed by atoms with Crippen LogP contribution in [0.3, 0.4) is 0 Å². The molecule has 0 atom stereocenters. The molecule has 4 aromatic rings. The Labute approximate surface area is 171 Å². The first-order valence-corrected chi connectivity index (χ1v) is 9.29. The number of anilines is 1. The van der Waals surface area contributed by atoms with Crippen LogP contribution in [-0.4, -0.2) is 34.1 Å². The van der Waals surface area contributed by atoms with Crippen molar-refractivity contribution in [2.75, 3.05) is 12.4 Å². The van der Waals surface area contributed by atoms with Crippen molar-refractivity contribution in [3.05, 3.63) is 72.2 Å². The summed E-state index contributed by atoms with van der Waals surface area (Å²) in [5.41, 5.74) is 1.28.